The largest absolute Gasteiger partial charge is 0.457 e. The smallest absolute Gasteiger partial charge is 0.227 e. The van der Waals surface area contributed by atoms with Crippen molar-refractivity contribution in [2.24, 2.45) is 27.7 Å². The number of nitrogens with two attached hydrogens (primary N) is 2. The standard InChI is InChI=1S/C29H32N6O7/c30-27(33-39)18-1-5-22(6-2-18)41-24-15-21(32-29(38)20-9-12-35(13-10-20)26(37)11-14-36)16-25(17-24)42-23-7-3-19(4-8-23)28(31)34-40/h1-8,15-17,20,36,39-40H,9-14H2,(H2,30,33)(H2,31,34)(H,32,38). The number of nitrogens with zero attached hydrogens (tertiary/aromatic N) is 3. The first kappa shape index (κ1) is 29.7. The molecule has 3 aromatic rings. The third-order valence-electron chi connectivity index (χ3n) is 6.68. The van der Waals surface area contributed by atoms with Crippen molar-refractivity contribution < 1.29 is 34.6 Å². The van der Waals surface area contributed by atoms with Crippen molar-refractivity contribution >= 4 is 29.2 Å². The molecule has 8 N–H and O–H groups in total. The minimum Gasteiger partial charge on any atom is -0.457 e. The highest BCUT2D eigenvalue weighted by Gasteiger charge is 2.27. The lowest BCUT2D eigenvalue weighted by atomic mass is 9.95. The molecular weight excluding hydrogens is 544 g/mol. The molecule has 13 nitrogen and oxygen atoms in total. The van der Waals surface area contributed by atoms with Gasteiger partial charge in [0.15, 0.2) is 11.7 Å². The zero-order chi connectivity index (χ0) is 30.1. The quantitative estimate of drug-likeness (QED) is 0.0906. The molecule has 0 spiro atoms. The van der Waals surface area contributed by atoms with Crippen LogP contribution in [0.25, 0.3) is 0 Å². The summed E-state index contributed by atoms with van der Waals surface area (Å²) in [6.07, 6.45) is 1.08. The topological polar surface area (TPSA) is 205 Å². The number of aliphatic hydroxyl groups excluding tert-OH is 1. The summed E-state index contributed by atoms with van der Waals surface area (Å²) in [5, 5.41) is 35.7. The Morgan fingerprint density at radius 1 is 0.810 bits per heavy atom. The van der Waals surface area contributed by atoms with Crippen molar-refractivity contribution in [3.05, 3.63) is 77.9 Å². The third-order valence-corrected chi connectivity index (χ3v) is 6.68. The fourth-order valence-corrected chi connectivity index (χ4v) is 4.43. The number of amidine groups is 2. The third kappa shape index (κ3) is 7.67. The molecule has 1 aliphatic rings. The number of hydrogen-bond acceptors (Lipinski definition) is 9. The number of piperidine rings is 1. The number of aliphatic hydroxyl groups is 1. The number of likely N-dealkylation sites (tertiary alicyclic amines) is 1. The first-order valence-corrected chi connectivity index (χ1v) is 13.2. The normalized spacial score (nSPS) is 14.4. The Bertz CT molecular complexity index is 1370. The van der Waals surface area contributed by atoms with Gasteiger partial charge in [-0.2, -0.15) is 0 Å². The highest BCUT2D eigenvalue weighted by atomic mass is 16.5. The molecule has 1 saturated heterocycles. The summed E-state index contributed by atoms with van der Waals surface area (Å²) < 4.78 is 12.0. The van der Waals surface area contributed by atoms with E-state index in [1.54, 1.807) is 71.6 Å². The summed E-state index contributed by atoms with van der Waals surface area (Å²) in [4.78, 5) is 26.9. The molecule has 2 amide bonds. The van der Waals surface area contributed by atoms with E-state index in [0.29, 0.717) is 65.7 Å². The van der Waals surface area contributed by atoms with E-state index in [1.165, 1.54) is 0 Å². The molecule has 0 aromatic heterocycles. The summed E-state index contributed by atoms with van der Waals surface area (Å²) in [5.74, 6) is 0.972. The van der Waals surface area contributed by atoms with Gasteiger partial charge < -0.3 is 46.7 Å². The van der Waals surface area contributed by atoms with E-state index in [2.05, 4.69) is 15.6 Å². The van der Waals surface area contributed by atoms with Crippen LogP contribution in [0.4, 0.5) is 5.69 Å². The first-order chi connectivity index (χ1) is 20.3. The molecule has 1 fully saturated rings. The van der Waals surface area contributed by atoms with Crippen molar-refractivity contribution in [1.29, 1.82) is 0 Å². The van der Waals surface area contributed by atoms with Crippen LogP contribution in [-0.2, 0) is 9.59 Å². The van der Waals surface area contributed by atoms with Crippen molar-refractivity contribution in [3.8, 4) is 23.0 Å². The lowest BCUT2D eigenvalue weighted by Gasteiger charge is -2.31. The number of nitrogens with one attached hydrogen (secondary N) is 1. The fraction of sp³-hybridized carbons (Fsp3) is 0.241. The van der Waals surface area contributed by atoms with Crippen LogP contribution in [0.3, 0.4) is 0 Å². The van der Waals surface area contributed by atoms with Crippen molar-refractivity contribution in [2.75, 3.05) is 25.0 Å². The summed E-state index contributed by atoms with van der Waals surface area (Å²) in [7, 11) is 0. The number of hydrogen-bond donors (Lipinski definition) is 6. The lowest BCUT2D eigenvalue weighted by molar-refractivity contribution is -0.135. The van der Waals surface area contributed by atoms with Gasteiger partial charge in [-0.15, -0.1) is 0 Å². The minimum atomic E-state index is -0.297. The van der Waals surface area contributed by atoms with Crippen LogP contribution >= 0.6 is 0 Å². The molecule has 1 aliphatic heterocycles. The maximum atomic E-state index is 13.1. The van der Waals surface area contributed by atoms with Crippen LogP contribution in [0.15, 0.2) is 77.0 Å². The van der Waals surface area contributed by atoms with E-state index in [0.717, 1.165) is 0 Å². The van der Waals surface area contributed by atoms with Crippen LogP contribution < -0.4 is 26.3 Å². The number of rotatable bonds is 10. The molecule has 0 aliphatic carbocycles. The Kier molecular flexibility index (Phi) is 9.79. The first-order valence-electron chi connectivity index (χ1n) is 13.2. The van der Waals surface area contributed by atoms with Gasteiger partial charge in [-0.25, -0.2) is 0 Å². The zero-order valence-corrected chi connectivity index (χ0v) is 22.6. The summed E-state index contributed by atoms with van der Waals surface area (Å²) in [6.45, 7) is 0.682. The van der Waals surface area contributed by atoms with E-state index >= 15 is 0 Å². The predicted octanol–water partition coefficient (Wildman–Crippen LogP) is 3.02. The van der Waals surface area contributed by atoms with Crippen LogP contribution in [0.5, 0.6) is 23.0 Å². The van der Waals surface area contributed by atoms with Gasteiger partial charge in [0, 0.05) is 60.4 Å². The second kappa shape index (κ2) is 13.9. The number of amides is 2. The molecule has 4 rings (SSSR count). The molecule has 0 unspecified atom stereocenters. The van der Waals surface area contributed by atoms with Gasteiger partial charge >= 0.3 is 0 Å². The Morgan fingerprint density at radius 3 is 1.71 bits per heavy atom. The number of ether oxygens (including phenoxy) is 2. The zero-order valence-electron chi connectivity index (χ0n) is 22.6. The van der Waals surface area contributed by atoms with Gasteiger partial charge in [-0.3, -0.25) is 9.59 Å². The number of oxime groups is 2. The molecule has 42 heavy (non-hydrogen) atoms. The highest BCUT2D eigenvalue weighted by Crippen LogP contribution is 2.33. The number of anilines is 1. The molecule has 13 heteroatoms. The molecule has 0 bridgehead atoms. The van der Waals surface area contributed by atoms with Gasteiger partial charge in [-0.05, 0) is 61.4 Å². The minimum absolute atomic E-state index is 0.0384. The molecular formula is C29H32N6O7. The van der Waals surface area contributed by atoms with Gasteiger partial charge in [0.25, 0.3) is 0 Å². The summed E-state index contributed by atoms with van der Waals surface area (Å²) in [6, 6.07) is 18.1. The monoisotopic (exact) mass is 576 g/mol. The summed E-state index contributed by atoms with van der Waals surface area (Å²) in [5.41, 5.74) is 12.7. The van der Waals surface area contributed by atoms with E-state index in [9.17, 15) is 9.59 Å². The van der Waals surface area contributed by atoms with Crippen molar-refractivity contribution in [3.63, 3.8) is 0 Å². The van der Waals surface area contributed by atoms with E-state index in [4.69, 9.17) is 36.5 Å². The van der Waals surface area contributed by atoms with Crippen LogP contribution in [-0.4, -0.2) is 63.6 Å². The number of benzene rings is 3. The fourth-order valence-electron chi connectivity index (χ4n) is 4.43. The van der Waals surface area contributed by atoms with Gasteiger partial charge in [0.2, 0.25) is 11.8 Å². The van der Waals surface area contributed by atoms with Crippen LogP contribution in [0.1, 0.15) is 30.4 Å². The second-order valence-electron chi connectivity index (χ2n) is 9.53. The summed E-state index contributed by atoms with van der Waals surface area (Å²) >= 11 is 0. The number of carbonyl (C=O) groups is 2. The Hall–Kier alpha value is -5.30. The molecule has 220 valence electrons. The molecule has 0 radical (unpaired) electrons. The molecule has 3 aromatic carbocycles. The molecule has 0 atom stereocenters. The predicted molar refractivity (Wildman–Crippen MR) is 154 cm³/mol. The second-order valence-corrected chi connectivity index (χ2v) is 9.53. The highest BCUT2D eigenvalue weighted by molar-refractivity contribution is 5.97. The van der Waals surface area contributed by atoms with Crippen molar-refractivity contribution in [2.45, 2.75) is 19.3 Å². The Labute approximate surface area is 241 Å². The lowest BCUT2D eigenvalue weighted by Crippen LogP contribution is -2.41. The average molecular weight is 577 g/mol. The van der Waals surface area contributed by atoms with Crippen LogP contribution in [0, 0.1) is 5.92 Å². The van der Waals surface area contributed by atoms with Gasteiger partial charge in [0.05, 0.1) is 6.61 Å². The maximum absolute atomic E-state index is 13.1. The number of carbonyl (C=O) groups excluding carboxylic acids is 2. The maximum Gasteiger partial charge on any atom is 0.227 e. The SMILES string of the molecule is NC(=NO)c1ccc(Oc2cc(NC(=O)C3CCN(C(=O)CCO)CC3)cc(Oc3ccc(C(N)=NO)cc3)c2)cc1. The van der Waals surface area contributed by atoms with Gasteiger partial charge in [-0.1, -0.05) is 10.3 Å². The van der Waals surface area contributed by atoms with Gasteiger partial charge in [0.1, 0.15) is 23.0 Å². The van der Waals surface area contributed by atoms with Crippen LogP contribution in [0.2, 0.25) is 0 Å². The van der Waals surface area contributed by atoms with E-state index < -0.39 is 0 Å². The van der Waals surface area contributed by atoms with Crippen molar-refractivity contribution in [1.82, 2.24) is 4.90 Å². The average Bonchev–Trinajstić information content (AvgIpc) is 3.01. The van der Waals surface area contributed by atoms with E-state index in [-0.39, 0.29) is 42.4 Å². The molecule has 0 saturated carbocycles. The Morgan fingerprint density at radius 2 is 1.29 bits per heavy atom. The molecule has 1 heterocycles. The van der Waals surface area contributed by atoms with E-state index in [1.807, 2.05) is 0 Å². The Balaban J connectivity index is 1.53.